The summed E-state index contributed by atoms with van der Waals surface area (Å²) in [6.45, 7) is 7.30. The van der Waals surface area contributed by atoms with E-state index < -0.39 is 0 Å². The fourth-order valence-corrected chi connectivity index (χ4v) is 3.17. The van der Waals surface area contributed by atoms with Crippen LogP contribution in [0.3, 0.4) is 0 Å². The van der Waals surface area contributed by atoms with Crippen molar-refractivity contribution in [2.24, 2.45) is 10.7 Å². The summed E-state index contributed by atoms with van der Waals surface area (Å²) in [5.41, 5.74) is 9.21. The van der Waals surface area contributed by atoms with E-state index >= 15 is 0 Å². The Morgan fingerprint density at radius 1 is 1.48 bits per heavy atom. The molecular formula is C19H18BN3O2. The van der Waals surface area contributed by atoms with Gasteiger partial charge in [-0.05, 0) is 0 Å². The average Bonchev–Trinajstić information content (AvgIpc) is 3.30. The third-order valence-electron chi connectivity index (χ3n) is 4.47. The Bertz CT molecular complexity index is 1120. The zero-order valence-corrected chi connectivity index (χ0v) is 14.0. The molecule has 0 saturated heterocycles. The number of nitrogens with two attached hydrogens (primary N) is 1. The standard InChI is InChI=1S/C19H18BN3O2/c1-3-15(22-9-11(2)21)12-4-7-14-16(8-12)23(13-5-6-13)19(24)17-18(14)25-10-20-17/h3-4,7-10,13H,2,5-6,21H2,1H3/b15-3-,22-9?. The van der Waals surface area contributed by atoms with Crippen molar-refractivity contribution in [2.45, 2.75) is 25.8 Å². The predicted molar refractivity (Wildman–Crippen MR) is 103 cm³/mol. The Morgan fingerprint density at radius 3 is 2.96 bits per heavy atom. The minimum atomic E-state index is 0.0109. The monoisotopic (exact) mass is 331 g/mol. The van der Waals surface area contributed by atoms with E-state index in [-0.39, 0.29) is 11.6 Å². The van der Waals surface area contributed by atoms with Crippen LogP contribution in [0, 0.1) is 0 Å². The fraction of sp³-hybridized carbons (Fsp3) is 0.211. The van der Waals surface area contributed by atoms with Gasteiger partial charge in [0.05, 0.1) is 0 Å². The Balaban J connectivity index is 1.99. The zero-order valence-electron chi connectivity index (χ0n) is 14.0. The van der Waals surface area contributed by atoms with E-state index in [1.54, 1.807) is 13.1 Å². The van der Waals surface area contributed by atoms with Crippen molar-refractivity contribution >= 4 is 40.6 Å². The van der Waals surface area contributed by atoms with Crippen LogP contribution < -0.4 is 11.3 Å². The summed E-state index contributed by atoms with van der Waals surface area (Å²) in [5, 5.41) is 1.58. The number of hydrogen-bond donors (Lipinski definition) is 1. The topological polar surface area (TPSA) is 73.5 Å². The van der Waals surface area contributed by atoms with Gasteiger partial charge in [-0.1, -0.05) is 0 Å². The molecule has 2 N–H and O–H groups in total. The summed E-state index contributed by atoms with van der Waals surface area (Å²) >= 11 is 0. The number of aromatic nitrogens is 1. The van der Waals surface area contributed by atoms with E-state index in [4.69, 9.17) is 10.2 Å². The molecule has 0 aliphatic heterocycles. The third-order valence-corrected chi connectivity index (χ3v) is 4.47. The van der Waals surface area contributed by atoms with Crippen molar-refractivity contribution in [1.29, 1.82) is 0 Å². The van der Waals surface area contributed by atoms with Crippen LogP contribution in [0.4, 0.5) is 0 Å². The quantitative estimate of drug-likeness (QED) is 0.745. The Labute approximate surface area is 145 Å². The summed E-state index contributed by atoms with van der Waals surface area (Å²) in [4.78, 5) is 17.3. The molecule has 25 heavy (non-hydrogen) atoms. The molecule has 1 saturated carbocycles. The normalized spacial score (nSPS) is 15.3. The van der Waals surface area contributed by atoms with Crippen LogP contribution in [-0.2, 0) is 0 Å². The van der Waals surface area contributed by atoms with Crippen molar-refractivity contribution < 1.29 is 4.42 Å². The molecule has 4 rings (SSSR count). The number of fused-ring (bicyclic) bond motifs is 3. The molecule has 2 heterocycles. The number of rotatable bonds is 4. The second-order valence-corrected chi connectivity index (χ2v) is 6.31. The van der Waals surface area contributed by atoms with Gasteiger partial charge in [0, 0.05) is 0 Å². The molecule has 0 atom stereocenters. The van der Waals surface area contributed by atoms with Gasteiger partial charge in [-0.25, -0.2) is 0 Å². The first kappa shape index (κ1) is 15.6. The second-order valence-electron chi connectivity index (χ2n) is 6.31. The van der Waals surface area contributed by atoms with Crippen molar-refractivity contribution in [3.8, 4) is 0 Å². The summed E-state index contributed by atoms with van der Waals surface area (Å²) < 4.78 is 7.49. The van der Waals surface area contributed by atoms with Gasteiger partial charge in [-0.15, -0.1) is 0 Å². The molecule has 6 heteroatoms. The van der Waals surface area contributed by atoms with E-state index in [1.807, 2.05) is 35.8 Å². The minimum absolute atomic E-state index is 0.0109. The first-order valence-electron chi connectivity index (χ1n) is 8.30. The third kappa shape index (κ3) is 2.63. The summed E-state index contributed by atoms with van der Waals surface area (Å²) in [5.74, 6) is 0. The SMILES string of the molecule is C=C(N)C=N/C(=C\C)c1ccc2c3ocbc3c(=O)n(C3CC3)c2c1. The average molecular weight is 331 g/mol. The molecule has 2 aromatic heterocycles. The maximum absolute atomic E-state index is 12.9. The first-order valence-corrected chi connectivity index (χ1v) is 8.30. The van der Waals surface area contributed by atoms with Gasteiger partial charge in [-0.2, -0.15) is 0 Å². The zero-order chi connectivity index (χ0) is 17.6. The molecule has 1 aromatic carbocycles. The van der Waals surface area contributed by atoms with Crippen LogP contribution in [-0.4, -0.2) is 17.7 Å². The number of allylic oxidation sites excluding steroid dienone is 2. The summed E-state index contributed by atoms with van der Waals surface area (Å²) in [6.07, 6.45) is 7.08. The van der Waals surface area contributed by atoms with Gasteiger partial charge >= 0.3 is 145 Å². The second kappa shape index (κ2) is 5.88. The first-order chi connectivity index (χ1) is 12.1. The van der Waals surface area contributed by atoms with Crippen LogP contribution in [0.1, 0.15) is 31.4 Å². The number of aliphatic imine (C=N–C) groups is 1. The van der Waals surface area contributed by atoms with Crippen LogP contribution >= 0.6 is 0 Å². The molecule has 124 valence electrons. The number of benzene rings is 1. The molecule has 1 aliphatic rings. The van der Waals surface area contributed by atoms with Crippen LogP contribution in [0.2, 0.25) is 0 Å². The molecule has 0 spiro atoms. The van der Waals surface area contributed by atoms with Gasteiger partial charge in [0.15, 0.2) is 0 Å². The summed E-state index contributed by atoms with van der Waals surface area (Å²) in [7, 11) is 0. The van der Waals surface area contributed by atoms with Gasteiger partial charge in [-0.3, -0.25) is 0 Å². The van der Waals surface area contributed by atoms with Gasteiger partial charge in [0.2, 0.25) is 0 Å². The molecule has 0 bridgehead atoms. The molecule has 0 amide bonds. The molecule has 1 fully saturated rings. The number of pyridine rings is 1. The fourth-order valence-electron chi connectivity index (χ4n) is 3.17. The Morgan fingerprint density at radius 2 is 2.28 bits per heavy atom. The van der Waals surface area contributed by atoms with E-state index in [9.17, 15) is 4.79 Å². The van der Waals surface area contributed by atoms with E-state index in [2.05, 4.69) is 11.6 Å². The van der Waals surface area contributed by atoms with Crippen LogP contribution in [0.25, 0.3) is 27.5 Å². The molecule has 0 unspecified atom stereocenters. The van der Waals surface area contributed by atoms with Gasteiger partial charge in [0.25, 0.3) is 0 Å². The van der Waals surface area contributed by atoms with Gasteiger partial charge < -0.3 is 0 Å². The number of hydrogen-bond acceptors (Lipinski definition) is 4. The molecular weight excluding hydrogens is 313 g/mol. The number of nitrogens with zero attached hydrogens (tertiary/aromatic N) is 2. The van der Waals surface area contributed by atoms with Crippen molar-refractivity contribution in [1.82, 2.24) is 4.57 Å². The van der Waals surface area contributed by atoms with Crippen molar-refractivity contribution in [3.05, 3.63) is 58.6 Å². The Kier molecular flexibility index (Phi) is 3.68. The molecule has 3 aromatic rings. The molecule has 1 aliphatic carbocycles. The molecule has 5 nitrogen and oxygen atoms in total. The van der Waals surface area contributed by atoms with E-state index in [1.165, 1.54) is 6.21 Å². The van der Waals surface area contributed by atoms with Gasteiger partial charge in [0.1, 0.15) is 0 Å². The predicted octanol–water partition coefficient (Wildman–Crippen LogP) is 3.32. The van der Waals surface area contributed by atoms with E-state index in [0.717, 1.165) is 35.0 Å². The summed E-state index contributed by atoms with van der Waals surface area (Å²) in [6, 6.07) is 6.25. The Hall–Kier alpha value is -2.89. The van der Waals surface area contributed by atoms with Crippen molar-refractivity contribution in [3.63, 3.8) is 0 Å². The molecule has 0 radical (unpaired) electrons. The van der Waals surface area contributed by atoms with E-state index in [0.29, 0.717) is 16.6 Å². The van der Waals surface area contributed by atoms with Crippen LogP contribution in [0.5, 0.6) is 0 Å². The maximum atomic E-state index is 12.9. The van der Waals surface area contributed by atoms with Crippen molar-refractivity contribution in [2.75, 3.05) is 0 Å². The van der Waals surface area contributed by atoms with Crippen LogP contribution in [0.15, 0.2) is 56.9 Å².